The molecule has 1 aliphatic rings. The molecule has 1 saturated heterocycles. The second-order valence-electron chi connectivity index (χ2n) is 5.79. The molecule has 0 spiro atoms. The Morgan fingerprint density at radius 1 is 1.27 bits per heavy atom. The summed E-state index contributed by atoms with van der Waals surface area (Å²) >= 11 is 0. The van der Waals surface area contributed by atoms with Crippen LogP contribution in [0.15, 0.2) is 24.3 Å². The fourth-order valence-electron chi connectivity index (χ4n) is 3.14. The van der Waals surface area contributed by atoms with Gasteiger partial charge in [0.25, 0.3) is 0 Å². The van der Waals surface area contributed by atoms with Crippen molar-refractivity contribution >= 4 is 5.97 Å². The first-order chi connectivity index (χ1) is 10.6. The number of hydrogen-bond donors (Lipinski definition) is 1. The van der Waals surface area contributed by atoms with Gasteiger partial charge in [-0.1, -0.05) is 19.1 Å². The van der Waals surface area contributed by atoms with Crippen LogP contribution < -0.4 is 4.74 Å². The van der Waals surface area contributed by atoms with Crippen LogP contribution in [0.3, 0.4) is 0 Å². The maximum absolute atomic E-state index is 11.3. The van der Waals surface area contributed by atoms with Crippen molar-refractivity contribution < 1.29 is 14.6 Å². The number of aliphatic carboxylic acids is 1. The van der Waals surface area contributed by atoms with Gasteiger partial charge in [0.05, 0.1) is 7.11 Å². The third kappa shape index (κ3) is 3.78. The molecule has 0 amide bonds. The fraction of sp³-hybridized carbons (Fsp3) is 0.588. The van der Waals surface area contributed by atoms with Crippen molar-refractivity contribution in [2.75, 3.05) is 33.3 Å². The molecule has 22 heavy (non-hydrogen) atoms. The van der Waals surface area contributed by atoms with Crippen molar-refractivity contribution in [3.63, 3.8) is 0 Å². The first-order valence-corrected chi connectivity index (χ1v) is 7.91. The van der Waals surface area contributed by atoms with E-state index in [9.17, 15) is 9.90 Å². The van der Waals surface area contributed by atoms with Crippen LogP contribution in [0.25, 0.3) is 0 Å². The minimum atomic E-state index is -0.711. The average molecular weight is 306 g/mol. The Bertz CT molecular complexity index is 498. The van der Waals surface area contributed by atoms with Gasteiger partial charge in [-0.15, -0.1) is 0 Å². The SMILES string of the molecule is CCC(C(=O)O)N1CCN(C(C)c2cccc(OC)c2)CC1. The molecule has 0 radical (unpaired) electrons. The van der Waals surface area contributed by atoms with Gasteiger partial charge in [0.15, 0.2) is 0 Å². The maximum Gasteiger partial charge on any atom is 0.320 e. The Balaban J connectivity index is 1.97. The number of carbonyl (C=O) groups is 1. The molecule has 2 rings (SSSR count). The van der Waals surface area contributed by atoms with E-state index in [1.165, 1.54) is 5.56 Å². The van der Waals surface area contributed by atoms with Crippen LogP contribution in [0.4, 0.5) is 0 Å². The summed E-state index contributed by atoms with van der Waals surface area (Å²) in [5.41, 5.74) is 1.23. The number of carboxylic acid groups (broad SMARTS) is 1. The zero-order valence-corrected chi connectivity index (χ0v) is 13.7. The van der Waals surface area contributed by atoms with Crippen molar-refractivity contribution in [2.24, 2.45) is 0 Å². The molecular weight excluding hydrogens is 280 g/mol. The molecule has 0 saturated carbocycles. The van der Waals surface area contributed by atoms with Crippen molar-refractivity contribution in [3.05, 3.63) is 29.8 Å². The van der Waals surface area contributed by atoms with E-state index in [-0.39, 0.29) is 6.04 Å². The first-order valence-electron chi connectivity index (χ1n) is 7.91. The van der Waals surface area contributed by atoms with Gasteiger partial charge in [0.1, 0.15) is 11.8 Å². The van der Waals surface area contributed by atoms with Crippen LogP contribution in [0.2, 0.25) is 0 Å². The molecule has 1 heterocycles. The van der Waals surface area contributed by atoms with Gasteiger partial charge < -0.3 is 9.84 Å². The second-order valence-corrected chi connectivity index (χ2v) is 5.79. The molecule has 1 aromatic carbocycles. The highest BCUT2D eigenvalue weighted by atomic mass is 16.5. The highest BCUT2D eigenvalue weighted by Gasteiger charge is 2.29. The maximum atomic E-state index is 11.3. The van der Waals surface area contributed by atoms with Gasteiger partial charge in [-0.25, -0.2) is 0 Å². The highest BCUT2D eigenvalue weighted by Crippen LogP contribution is 2.25. The van der Waals surface area contributed by atoms with Gasteiger partial charge in [-0.05, 0) is 31.0 Å². The van der Waals surface area contributed by atoms with E-state index >= 15 is 0 Å². The number of hydrogen-bond acceptors (Lipinski definition) is 4. The lowest BCUT2D eigenvalue weighted by molar-refractivity contribution is -0.144. The Kier molecular flexibility index (Phi) is 5.80. The molecule has 0 aliphatic carbocycles. The molecule has 122 valence electrons. The predicted molar refractivity (Wildman–Crippen MR) is 86.3 cm³/mol. The Morgan fingerprint density at radius 2 is 1.91 bits per heavy atom. The van der Waals surface area contributed by atoms with Crippen LogP contribution in [0.5, 0.6) is 5.75 Å². The summed E-state index contributed by atoms with van der Waals surface area (Å²) < 4.78 is 5.29. The van der Waals surface area contributed by atoms with Crippen molar-refractivity contribution in [3.8, 4) is 5.75 Å². The molecule has 1 N–H and O–H groups in total. The average Bonchev–Trinajstić information content (AvgIpc) is 2.55. The van der Waals surface area contributed by atoms with Crippen LogP contribution in [-0.4, -0.2) is 60.2 Å². The van der Waals surface area contributed by atoms with Gasteiger partial charge in [0, 0.05) is 32.2 Å². The van der Waals surface area contributed by atoms with E-state index in [1.54, 1.807) is 7.11 Å². The number of piperazine rings is 1. The van der Waals surface area contributed by atoms with Crippen LogP contribution in [0, 0.1) is 0 Å². The predicted octanol–water partition coefficient (Wildman–Crippen LogP) is 2.24. The van der Waals surface area contributed by atoms with Crippen LogP contribution in [0.1, 0.15) is 31.9 Å². The van der Waals surface area contributed by atoms with Crippen molar-refractivity contribution in [1.82, 2.24) is 9.80 Å². The molecule has 1 aromatic rings. The zero-order chi connectivity index (χ0) is 16.1. The summed E-state index contributed by atoms with van der Waals surface area (Å²) in [6.07, 6.45) is 0.654. The van der Waals surface area contributed by atoms with Crippen molar-refractivity contribution in [1.29, 1.82) is 0 Å². The monoisotopic (exact) mass is 306 g/mol. The molecular formula is C17H26N2O3. The fourth-order valence-corrected chi connectivity index (χ4v) is 3.14. The van der Waals surface area contributed by atoms with E-state index in [4.69, 9.17) is 4.74 Å². The minimum absolute atomic E-state index is 0.308. The molecule has 1 aliphatic heterocycles. The number of benzene rings is 1. The number of carboxylic acids is 1. The Morgan fingerprint density at radius 3 is 2.45 bits per heavy atom. The number of rotatable bonds is 6. The van der Waals surface area contributed by atoms with Gasteiger partial charge in [0.2, 0.25) is 0 Å². The Labute approximate surface area is 132 Å². The molecule has 0 aromatic heterocycles. The molecule has 5 heteroatoms. The lowest BCUT2D eigenvalue weighted by Gasteiger charge is -2.40. The van der Waals surface area contributed by atoms with Crippen LogP contribution >= 0.6 is 0 Å². The molecule has 2 unspecified atom stereocenters. The van der Waals surface area contributed by atoms with Gasteiger partial charge in [-0.2, -0.15) is 0 Å². The van der Waals surface area contributed by atoms with E-state index in [2.05, 4.69) is 28.9 Å². The summed E-state index contributed by atoms with van der Waals surface area (Å²) in [4.78, 5) is 15.8. The largest absolute Gasteiger partial charge is 0.497 e. The van der Waals surface area contributed by atoms with E-state index in [1.807, 2.05) is 19.1 Å². The number of methoxy groups -OCH3 is 1. The normalized spacial score (nSPS) is 19.6. The summed E-state index contributed by atoms with van der Waals surface area (Å²) in [7, 11) is 1.68. The van der Waals surface area contributed by atoms with Gasteiger partial charge in [-0.3, -0.25) is 14.6 Å². The molecule has 2 atom stereocenters. The molecule has 1 fully saturated rings. The summed E-state index contributed by atoms with van der Waals surface area (Å²) in [5.74, 6) is 0.164. The summed E-state index contributed by atoms with van der Waals surface area (Å²) in [5, 5.41) is 9.27. The lowest BCUT2D eigenvalue weighted by atomic mass is 10.0. The third-order valence-corrected chi connectivity index (χ3v) is 4.59. The van der Waals surface area contributed by atoms with Crippen LogP contribution in [-0.2, 0) is 4.79 Å². The number of nitrogens with zero attached hydrogens (tertiary/aromatic N) is 2. The molecule has 0 bridgehead atoms. The zero-order valence-electron chi connectivity index (χ0n) is 13.7. The smallest absolute Gasteiger partial charge is 0.320 e. The standard InChI is InChI=1S/C17H26N2O3/c1-4-16(17(20)21)19-10-8-18(9-11-19)13(2)14-6-5-7-15(12-14)22-3/h5-7,12-13,16H,4,8-11H2,1-3H3,(H,20,21). The lowest BCUT2D eigenvalue weighted by Crippen LogP contribution is -2.52. The Hall–Kier alpha value is -1.59. The number of ether oxygens (including phenoxy) is 1. The van der Waals surface area contributed by atoms with E-state index in [0.29, 0.717) is 12.5 Å². The summed E-state index contributed by atoms with van der Waals surface area (Å²) in [6.45, 7) is 7.52. The second kappa shape index (κ2) is 7.61. The highest BCUT2D eigenvalue weighted by molar-refractivity contribution is 5.73. The minimum Gasteiger partial charge on any atom is -0.497 e. The van der Waals surface area contributed by atoms with Crippen molar-refractivity contribution in [2.45, 2.75) is 32.4 Å². The molecule has 5 nitrogen and oxygen atoms in total. The quantitative estimate of drug-likeness (QED) is 0.873. The third-order valence-electron chi connectivity index (χ3n) is 4.59. The van der Waals surface area contributed by atoms with E-state index < -0.39 is 5.97 Å². The topological polar surface area (TPSA) is 53.0 Å². The van der Waals surface area contributed by atoms with E-state index in [0.717, 1.165) is 31.9 Å². The van der Waals surface area contributed by atoms with Gasteiger partial charge >= 0.3 is 5.97 Å². The first kappa shape index (κ1) is 16.8. The summed E-state index contributed by atoms with van der Waals surface area (Å²) in [6, 6.07) is 8.11.